The van der Waals surface area contributed by atoms with E-state index in [1.165, 1.54) is 11.1 Å². The zero-order valence-corrected chi connectivity index (χ0v) is 12.5. The van der Waals surface area contributed by atoms with Gasteiger partial charge in [-0.1, -0.05) is 0 Å². The summed E-state index contributed by atoms with van der Waals surface area (Å²) in [5.41, 5.74) is 0. The van der Waals surface area contributed by atoms with Gasteiger partial charge < -0.3 is 14.7 Å². The van der Waals surface area contributed by atoms with E-state index in [1.54, 1.807) is 17.0 Å². The van der Waals surface area contributed by atoms with Crippen molar-refractivity contribution < 1.29 is 24.2 Å². The Morgan fingerprint density at radius 3 is 2.78 bits per heavy atom. The number of carbonyl (C=O) groups excluding carboxylic acids is 2. The highest BCUT2D eigenvalue weighted by atomic mass is 16.5. The maximum atomic E-state index is 12.4. The number of anilines is 1. The topological polar surface area (TPSA) is 100 Å². The quantitative estimate of drug-likeness (QED) is 0.850. The number of carboxylic acid groups (broad SMARTS) is 1. The maximum absolute atomic E-state index is 12.4. The van der Waals surface area contributed by atoms with Crippen LogP contribution in [0.4, 0.5) is 5.82 Å². The summed E-state index contributed by atoms with van der Waals surface area (Å²) in [6.45, 7) is 0.559. The van der Waals surface area contributed by atoms with Gasteiger partial charge in [0.25, 0.3) is 5.91 Å². The van der Waals surface area contributed by atoms with Gasteiger partial charge in [-0.3, -0.25) is 19.3 Å². The Bertz CT molecular complexity index is 640. The number of piperidine rings is 1. The number of hydrogen-bond donors (Lipinski definition) is 1. The van der Waals surface area contributed by atoms with Crippen LogP contribution in [0.25, 0.3) is 0 Å². The van der Waals surface area contributed by atoms with Gasteiger partial charge in [0, 0.05) is 19.3 Å². The number of nitrogens with zero attached hydrogens (tertiary/aromatic N) is 3. The van der Waals surface area contributed by atoms with Crippen LogP contribution >= 0.6 is 0 Å². The van der Waals surface area contributed by atoms with Gasteiger partial charge in [0.15, 0.2) is 18.2 Å². The molecular formula is C15H17N3O5. The summed E-state index contributed by atoms with van der Waals surface area (Å²) in [6, 6.07) is 3.40. The van der Waals surface area contributed by atoms with Gasteiger partial charge in [0.1, 0.15) is 6.54 Å². The summed E-state index contributed by atoms with van der Waals surface area (Å²) in [5.74, 6) is -0.919. The Kier molecular flexibility index (Phi) is 4.14. The standard InChI is InChI=1S/C15H17N3O5/c19-12(17-6-3-10(4-7-17)15(21)22)8-18-13(20)9-23-11-2-1-5-16-14(11)18/h1-2,5,10H,3-4,6-9H2,(H,21,22). The molecule has 1 aromatic heterocycles. The Balaban J connectivity index is 1.66. The van der Waals surface area contributed by atoms with Gasteiger partial charge in [-0.25, -0.2) is 4.98 Å². The molecule has 2 amide bonds. The predicted octanol–water partition coefficient (Wildman–Crippen LogP) is 0.130. The summed E-state index contributed by atoms with van der Waals surface area (Å²) in [6.07, 6.45) is 2.41. The average molecular weight is 319 g/mol. The zero-order chi connectivity index (χ0) is 16.4. The first kappa shape index (κ1) is 15.3. The molecule has 1 N–H and O–H groups in total. The second kappa shape index (κ2) is 6.23. The number of pyridine rings is 1. The molecule has 3 heterocycles. The van der Waals surface area contributed by atoms with Crippen LogP contribution in [-0.4, -0.2) is 59.0 Å². The summed E-state index contributed by atoms with van der Waals surface area (Å²) in [7, 11) is 0. The molecule has 8 heteroatoms. The molecule has 1 fully saturated rings. The number of rotatable bonds is 3. The molecular weight excluding hydrogens is 302 g/mol. The van der Waals surface area contributed by atoms with Crippen LogP contribution in [0.2, 0.25) is 0 Å². The third kappa shape index (κ3) is 3.10. The normalized spacial score (nSPS) is 18.3. The SMILES string of the molecule is O=C(O)C1CCN(C(=O)CN2C(=O)COc3cccnc32)CC1. The molecule has 1 saturated heterocycles. The lowest BCUT2D eigenvalue weighted by Gasteiger charge is -2.33. The van der Waals surface area contributed by atoms with Crippen LogP contribution in [0.3, 0.4) is 0 Å². The van der Waals surface area contributed by atoms with E-state index in [0.717, 1.165) is 0 Å². The first-order valence-electron chi connectivity index (χ1n) is 7.45. The molecule has 0 unspecified atom stereocenters. The highest BCUT2D eigenvalue weighted by Gasteiger charge is 2.32. The van der Waals surface area contributed by atoms with Crippen molar-refractivity contribution in [2.45, 2.75) is 12.8 Å². The second-order valence-corrected chi connectivity index (χ2v) is 5.59. The van der Waals surface area contributed by atoms with Gasteiger partial charge in [-0.2, -0.15) is 0 Å². The number of aromatic nitrogens is 1. The van der Waals surface area contributed by atoms with E-state index in [4.69, 9.17) is 9.84 Å². The Morgan fingerprint density at radius 2 is 2.09 bits per heavy atom. The van der Waals surface area contributed by atoms with Crippen molar-refractivity contribution in [1.82, 2.24) is 9.88 Å². The van der Waals surface area contributed by atoms with Gasteiger partial charge in [0.2, 0.25) is 5.91 Å². The van der Waals surface area contributed by atoms with Crippen molar-refractivity contribution in [3.8, 4) is 5.75 Å². The first-order valence-corrected chi connectivity index (χ1v) is 7.45. The number of carbonyl (C=O) groups is 3. The first-order chi connectivity index (χ1) is 11.1. The lowest BCUT2D eigenvalue weighted by atomic mass is 9.97. The molecule has 0 saturated carbocycles. The van der Waals surface area contributed by atoms with Gasteiger partial charge in [-0.05, 0) is 25.0 Å². The number of ether oxygens (including phenoxy) is 1. The Hall–Kier alpha value is -2.64. The highest BCUT2D eigenvalue weighted by Crippen LogP contribution is 2.29. The third-order valence-corrected chi connectivity index (χ3v) is 4.15. The number of hydrogen-bond acceptors (Lipinski definition) is 5. The third-order valence-electron chi connectivity index (χ3n) is 4.15. The van der Waals surface area contributed by atoms with Crippen LogP contribution in [0.1, 0.15) is 12.8 Å². The molecule has 0 aromatic carbocycles. The highest BCUT2D eigenvalue weighted by molar-refractivity contribution is 6.01. The van der Waals surface area contributed by atoms with Gasteiger partial charge in [-0.15, -0.1) is 0 Å². The van der Waals surface area contributed by atoms with E-state index < -0.39 is 11.9 Å². The van der Waals surface area contributed by atoms with Gasteiger partial charge in [0.05, 0.1) is 5.92 Å². The maximum Gasteiger partial charge on any atom is 0.306 e. The lowest BCUT2D eigenvalue weighted by Crippen LogP contribution is -2.49. The number of carboxylic acids is 1. The average Bonchev–Trinajstić information content (AvgIpc) is 2.57. The minimum atomic E-state index is -0.821. The minimum Gasteiger partial charge on any atom is -0.481 e. The molecule has 0 atom stereocenters. The van der Waals surface area contributed by atoms with Crippen molar-refractivity contribution in [2.24, 2.45) is 5.92 Å². The molecule has 8 nitrogen and oxygen atoms in total. The molecule has 0 bridgehead atoms. The van der Waals surface area contributed by atoms with Gasteiger partial charge >= 0.3 is 5.97 Å². The fraction of sp³-hybridized carbons (Fsp3) is 0.467. The number of likely N-dealkylation sites (tertiary alicyclic amines) is 1. The van der Waals surface area contributed by atoms with Crippen molar-refractivity contribution >= 4 is 23.6 Å². The molecule has 122 valence electrons. The minimum absolute atomic E-state index is 0.107. The van der Waals surface area contributed by atoms with Crippen molar-refractivity contribution in [2.75, 3.05) is 31.1 Å². The van der Waals surface area contributed by atoms with Crippen LogP contribution in [-0.2, 0) is 14.4 Å². The van der Waals surface area contributed by atoms with Crippen LogP contribution < -0.4 is 9.64 Å². The molecule has 2 aliphatic rings. The molecule has 2 aliphatic heterocycles. The predicted molar refractivity (Wildman–Crippen MR) is 79.0 cm³/mol. The van der Waals surface area contributed by atoms with E-state index in [1.807, 2.05) is 0 Å². The van der Waals surface area contributed by atoms with Crippen molar-refractivity contribution in [1.29, 1.82) is 0 Å². The second-order valence-electron chi connectivity index (χ2n) is 5.59. The van der Waals surface area contributed by atoms with Crippen LogP contribution in [0.15, 0.2) is 18.3 Å². The summed E-state index contributed by atoms with van der Waals surface area (Å²) in [5, 5.41) is 8.99. The monoisotopic (exact) mass is 319 g/mol. The number of fused-ring (bicyclic) bond motifs is 1. The Morgan fingerprint density at radius 1 is 1.35 bits per heavy atom. The molecule has 1 aromatic rings. The molecule has 23 heavy (non-hydrogen) atoms. The number of amides is 2. The van der Waals surface area contributed by atoms with Crippen molar-refractivity contribution in [3.05, 3.63) is 18.3 Å². The fourth-order valence-electron chi connectivity index (χ4n) is 2.81. The fourth-order valence-corrected chi connectivity index (χ4v) is 2.81. The molecule has 3 rings (SSSR count). The van der Waals surface area contributed by atoms with E-state index in [-0.39, 0.29) is 25.0 Å². The van der Waals surface area contributed by atoms with Crippen LogP contribution in [0, 0.1) is 5.92 Å². The molecule has 0 spiro atoms. The van der Waals surface area contributed by atoms with E-state index in [2.05, 4.69) is 4.98 Å². The molecule has 0 aliphatic carbocycles. The summed E-state index contributed by atoms with van der Waals surface area (Å²) in [4.78, 5) is 42.4. The number of aliphatic carboxylic acids is 1. The van der Waals surface area contributed by atoms with Crippen molar-refractivity contribution in [3.63, 3.8) is 0 Å². The largest absolute Gasteiger partial charge is 0.481 e. The summed E-state index contributed by atoms with van der Waals surface area (Å²) >= 11 is 0. The summed E-state index contributed by atoms with van der Waals surface area (Å²) < 4.78 is 5.29. The van der Waals surface area contributed by atoms with Crippen LogP contribution in [0.5, 0.6) is 5.75 Å². The Labute approximate surface area is 132 Å². The van der Waals surface area contributed by atoms with E-state index >= 15 is 0 Å². The smallest absolute Gasteiger partial charge is 0.306 e. The van der Waals surface area contributed by atoms with E-state index in [0.29, 0.717) is 37.5 Å². The lowest BCUT2D eigenvalue weighted by molar-refractivity contribution is -0.145. The molecule has 0 radical (unpaired) electrons. The van der Waals surface area contributed by atoms with E-state index in [9.17, 15) is 14.4 Å². The zero-order valence-electron chi connectivity index (χ0n) is 12.5.